The van der Waals surface area contributed by atoms with Gasteiger partial charge in [0.05, 0.1) is 22.4 Å². The molecule has 1 aliphatic heterocycles. The number of fused-ring (bicyclic) bond motifs is 1. The number of non-ortho nitro benzene ring substituents is 1. The lowest BCUT2D eigenvalue weighted by molar-refractivity contribution is -0.384. The highest BCUT2D eigenvalue weighted by Gasteiger charge is 2.48. The van der Waals surface area contributed by atoms with Crippen LogP contribution >= 0.6 is 0 Å². The highest BCUT2D eigenvalue weighted by Crippen LogP contribution is 2.40. The topological polar surface area (TPSA) is 119 Å². The molecule has 0 N–H and O–H groups in total. The molecule has 31 heavy (non-hydrogen) atoms. The van der Waals surface area contributed by atoms with Gasteiger partial charge in [-0.05, 0) is 37.1 Å². The lowest BCUT2D eigenvalue weighted by atomic mass is 9.81. The summed E-state index contributed by atoms with van der Waals surface area (Å²) in [6.45, 7) is 0. The molecule has 5 rings (SSSR count). The third-order valence-electron chi connectivity index (χ3n) is 5.92. The molecule has 9 nitrogen and oxygen atoms in total. The monoisotopic (exact) mass is 418 g/mol. The van der Waals surface area contributed by atoms with Crippen LogP contribution in [0, 0.1) is 22.0 Å². The van der Waals surface area contributed by atoms with E-state index in [1.807, 2.05) is 0 Å². The van der Waals surface area contributed by atoms with E-state index in [1.54, 1.807) is 36.4 Å². The second-order valence-electron chi connectivity index (χ2n) is 7.78. The van der Waals surface area contributed by atoms with Gasteiger partial charge in [-0.25, -0.2) is 0 Å². The van der Waals surface area contributed by atoms with E-state index in [0.29, 0.717) is 16.8 Å². The van der Waals surface area contributed by atoms with Gasteiger partial charge < -0.3 is 4.42 Å². The fourth-order valence-corrected chi connectivity index (χ4v) is 4.40. The summed E-state index contributed by atoms with van der Waals surface area (Å²) in [4.78, 5) is 37.5. The molecule has 2 aromatic carbocycles. The van der Waals surface area contributed by atoms with E-state index in [0.717, 1.165) is 25.7 Å². The van der Waals surface area contributed by atoms with Crippen LogP contribution in [0.1, 0.15) is 25.7 Å². The average Bonchev–Trinajstić information content (AvgIpc) is 3.38. The van der Waals surface area contributed by atoms with E-state index in [2.05, 4.69) is 10.2 Å². The molecule has 2 amide bonds. The van der Waals surface area contributed by atoms with Crippen molar-refractivity contribution in [1.29, 1.82) is 0 Å². The summed E-state index contributed by atoms with van der Waals surface area (Å²) in [5.41, 5.74) is 1.39. The summed E-state index contributed by atoms with van der Waals surface area (Å²) in [6.07, 6.45) is 3.44. The summed E-state index contributed by atoms with van der Waals surface area (Å²) in [7, 11) is 0. The number of aromatic nitrogens is 2. The van der Waals surface area contributed by atoms with Crippen LogP contribution in [0.4, 0.5) is 11.4 Å². The summed E-state index contributed by atoms with van der Waals surface area (Å²) < 4.78 is 5.72. The van der Waals surface area contributed by atoms with Crippen LogP contribution in [0.3, 0.4) is 0 Å². The zero-order valence-corrected chi connectivity index (χ0v) is 16.4. The minimum Gasteiger partial charge on any atom is -0.416 e. The van der Waals surface area contributed by atoms with Gasteiger partial charge in [0.25, 0.3) is 5.69 Å². The number of amides is 2. The molecule has 0 radical (unpaired) electrons. The minimum absolute atomic E-state index is 0.0771. The maximum absolute atomic E-state index is 12.9. The van der Waals surface area contributed by atoms with Crippen molar-refractivity contribution in [3.05, 3.63) is 58.6 Å². The molecule has 156 valence electrons. The van der Waals surface area contributed by atoms with Gasteiger partial charge in [0.1, 0.15) is 0 Å². The Bertz CT molecular complexity index is 1180. The minimum atomic E-state index is -0.494. The van der Waals surface area contributed by atoms with Crippen molar-refractivity contribution in [2.75, 3.05) is 4.90 Å². The molecule has 0 spiro atoms. The van der Waals surface area contributed by atoms with Crippen molar-refractivity contribution in [3.63, 3.8) is 0 Å². The Morgan fingerprint density at radius 1 is 0.903 bits per heavy atom. The van der Waals surface area contributed by atoms with Crippen molar-refractivity contribution in [3.8, 4) is 22.9 Å². The number of benzene rings is 2. The van der Waals surface area contributed by atoms with Crippen molar-refractivity contribution in [2.24, 2.45) is 11.8 Å². The molecular weight excluding hydrogens is 400 g/mol. The number of carbonyl (C=O) groups is 2. The van der Waals surface area contributed by atoms with Crippen LogP contribution in [-0.4, -0.2) is 26.9 Å². The number of hydrogen-bond donors (Lipinski definition) is 0. The molecular formula is C22H18N4O5. The number of nitro groups is 1. The van der Waals surface area contributed by atoms with Crippen LogP contribution in [0.5, 0.6) is 0 Å². The summed E-state index contributed by atoms with van der Waals surface area (Å²) in [5, 5.41) is 19.0. The molecule has 2 aliphatic rings. The molecule has 0 bridgehead atoms. The van der Waals surface area contributed by atoms with Crippen LogP contribution in [0.2, 0.25) is 0 Å². The first-order chi connectivity index (χ1) is 15.0. The SMILES string of the molecule is O=C1C2CCCCC2C(=O)N1c1cccc(-c2nnc(-c3cccc([N+](=O)[O-])c3)o2)c1. The highest BCUT2D eigenvalue weighted by molar-refractivity contribution is 6.22. The van der Waals surface area contributed by atoms with Crippen LogP contribution in [0.25, 0.3) is 22.9 Å². The van der Waals surface area contributed by atoms with Crippen molar-refractivity contribution in [2.45, 2.75) is 25.7 Å². The lowest BCUT2D eigenvalue weighted by Crippen LogP contribution is -2.30. The van der Waals surface area contributed by atoms with E-state index in [9.17, 15) is 19.7 Å². The van der Waals surface area contributed by atoms with E-state index in [1.165, 1.54) is 17.0 Å². The fourth-order valence-electron chi connectivity index (χ4n) is 4.40. The van der Waals surface area contributed by atoms with E-state index >= 15 is 0 Å². The number of anilines is 1. The number of carbonyl (C=O) groups excluding carboxylic acids is 2. The molecule has 1 aliphatic carbocycles. The predicted molar refractivity (Wildman–Crippen MR) is 110 cm³/mol. The van der Waals surface area contributed by atoms with Gasteiger partial charge in [-0.2, -0.15) is 0 Å². The van der Waals surface area contributed by atoms with Crippen molar-refractivity contribution < 1.29 is 18.9 Å². The van der Waals surface area contributed by atoms with Gasteiger partial charge in [-0.1, -0.05) is 25.0 Å². The van der Waals surface area contributed by atoms with Crippen molar-refractivity contribution in [1.82, 2.24) is 10.2 Å². The van der Waals surface area contributed by atoms with E-state index in [4.69, 9.17) is 4.42 Å². The zero-order valence-electron chi connectivity index (χ0n) is 16.4. The highest BCUT2D eigenvalue weighted by atomic mass is 16.6. The van der Waals surface area contributed by atoms with E-state index < -0.39 is 4.92 Å². The van der Waals surface area contributed by atoms with E-state index in [-0.39, 0.29) is 41.1 Å². The average molecular weight is 418 g/mol. The Labute approximate surface area is 176 Å². The van der Waals surface area contributed by atoms with Crippen LogP contribution in [-0.2, 0) is 9.59 Å². The first-order valence-corrected chi connectivity index (χ1v) is 10.1. The molecule has 2 unspecified atom stereocenters. The molecule has 9 heteroatoms. The van der Waals surface area contributed by atoms with Gasteiger partial charge in [0.15, 0.2) is 0 Å². The molecule has 2 heterocycles. The number of imide groups is 1. The van der Waals surface area contributed by atoms with Gasteiger partial charge in [-0.3, -0.25) is 24.6 Å². The molecule has 2 atom stereocenters. The number of hydrogen-bond acceptors (Lipinski definition) is 7. The third-order valence-corrected chi connectivity index (χ3v) is 5.92. The lowest BCUT2D eigenvalue weighted by Gasteiger charge is -2.19. The number of nitrogens with zero attached hydrogens (tertiary/aromatic N) is 4. The second kappa shape index (κ2) is 7.42. The van der Waals surface area contributed by atoms with Crippen LogP contribution in [0.15, 0.2) is 52.9 Å². The summed E-state index contributed by atoms with van der Waals surface area (Å²) in [6, 6.07) is 12.8. The Morgan fingerprint density at radius 3 is 2.10 bits per heavy atom. The number of rotatable bonds is 4. The Balaban J connectivity index is 1.45. The third kappa shape index (κ3) is 3.27. The quantitative estimate of drug-likeness (QED) is 0.357. The summed E-state index contributed by atoms with van der Waals surface area (Å²) >= 11 is 0. The second-order valence-corrected chi connectivity index (χ2v) is 7.78. The molecule has 3 aromatic rings. The summed E-state index contributed by atoms with van der Waals surface area (Å²) in [5.74, 6) is -0.407. The Hall–Kier alpha value is -3.88. The van der Waals surface area contributed by atoms with Crippen LogP contribution < -0.4 is 4.90 Å². The first kappa shape index (κ1) is 19.1. The smallest absolute Gasteiger partial charge is 0.270 e. The maximum Gasteiger partial charge on any atom is 0.270 e. The first-order valence-electron chi connectivity index (χ1n) is 10.1. The largest absolute Gasteiger partial charge is 0.416 e. The molecule has 1 saturated carbocycles. The fraction of sp³-hybridized carbons (Fsp3) is 0.273. The van der Waals surface area contributed by atoms with Gasteiger partial charge in [0.2, 0.25) is 23.6 Å². The van der Waals surface area contributed by atoms with Gasteiger partial charge >= 0.3 is 0 Å². The number of nitro benzene ring substituents is 1. The maximum atomic E-state index is 12.9. The molecule has 1 aromatic heterocycles. The zero-order chi connectivity index (χ0) is 21.5. The normalized spacial score (nSPS) is 20.7. The standard InChI is InChI=1S/C22H18N4O5/c27-21-17-9-1-2-10-18(17)22(28)25(21)15-7-3-5-13(11-15)19-23-24-20(31-19)14-6-4-8-16(12-14)26(29)30/h3-8,11-12,17-18H,1-2,9-10H2. The van der Waals surface area contributed by atoms with Gasteiger partial charge in [-0.15, -0.1) is 10.2 Å². The van der Waals surface area contributed by atoms with Crippen molar-refractivity contribution >= 4 is 23.2 Å². The Morgan fingerprint density at radius 2 is 1.48 bits per heavy atom. The Kier molecular flexibility index (Phi) is 4.58. The molecule has 1 saturated heterocycles. The molecule has 2 fully saturated rings. The van der Waals surface area contributed by atoms with Gasteiger partial charge in [0, 0.05) is 23.3 Å². The predicted octanol–water partition coefficient (Wildman–Crippen LogP) is 3.99.